The first-order chi connectivity index (χ1) is 20.8. The number of amides is 2. The maximum Gasteiger partial charge on any atom is 0.355 e. The zero-order valence-electron chi connectivity index (χ0n) is 22.6. The number of halogens is 2. The quantitative estimate of drug-likeness (QED) is 0.0746. The molecule has 0 saturated carbocycles. The number of thiophene rings is 1. The molecule has 0 aliphatic rings. The summed E-state index contributed by atoms with van der Waals surface area (Å²) in [4.78, 5) is 38.2. The Bertz CT molecular complexity index is 1840. The van der Waals surface area contributed by atoms with E-state index in [0.29, 0.717) is 49.7 Å². The molecule has 1 aromatic heterocycles. The molecule has 0 aliphatic carbocycles. The molecule has 8 nitrogen and oxygen atoms in total. The van der Waals surface area contributed by atoms with E-state index < -0.39 is 11.9 Å². The van der Waals surface area contributed by atoms with Gasteiger partial charge in [-0.15, -0.1) is 11.3 Å². The van der Waals surface area contributed by atoms with Crippen molar-refractivity contribution in [3.8, 4) is 11.5 Å². The number of fused-ring (bicyclic) bond motifs is 1. The van der Waals surface area contributed by atoms with Crippen molar-refractivity contribution in [2.45, 2.75) is 6.92 Å². The first-order valence-electron chi connectivity index (χ1n) is 13.0. The van der Waals surface area contributed by atoms with Crippen LogP contribution in [0, 0.1) is 0 Å². The molecule has 2 amide bonds. The van der Waals surface area contributed by atoms with Crippen LogP contribution in [0.1, 0.15) is 42.9 Å². The van der Waals surface area contributed by atoms with E-state index in [1.165, 1.54) is 17.6 Å². The summed E-state index contributed by atoms with van der Waals surface area (Å²) < 4.78 is 12.2. The first kappa shape index (κ1) is 29.8. The molecule has 4 aromatic carbocycles. The molecule has 5 aromatic rings. The van der Waals surface area contributed by atoms with Crippen molar-refractivity contribution >= 4 is 74.3 Å². The van der Waals surface area contributed by atoms with Gasteiger partial charge in [-0.2, -0.15) is 5.10 Å². The van der Waals surface area contributed by atoms with Gasteiger partial charge in [0.1, 0.15) is 4.88 Å². The Balaban J connectivity index is 1.20. The molecule has 0 saturated heterocycles. The van der Waals surface area contributed by atoms with Crippen molar-refractivity contribution in [2.24, 2.45) is 5.10 Å². The lowest BCUT2D eigenvalue weighted by Crippen LogP contribution is -2.18. The number of esters is 1. The Morgan fingerprint density at radius 2 is 1.56 bits per heavy atom. The smallest absolute Gasteiger partial charge is 0.355 e. The zero-order chi connectivity index (χ0) is 30.3. The fourth-order valence-electron chi connectivity index (χ4n) is 3.99. The molecule has 0 radical (unpaired) electrons. The van der Waals surface area contributed by atoms with Crippen molar-refractivity contribution in [3.05, 3.63) is 123 Å². The third kappa shape index (κ3) is 7.21. The van der Waals surface area contributed by atoms with Crippen LogP contribution in [-0.2, 0) is 0 Å². The summed E-state index contributed by atoms with van der Waals surface area (Å²) in [7, 11) is 0. The Morgan fingerprint density at radius 1 is 0.860 bits per heavy atom. The molecule has 0 unspecified atom stereocenters. The summed E-state index contributed by atoms with van der Waals surface area (Å²) in [5.74, 6) is -0.766. The monoisotopic (exact) mass is 631 g/mol. The molecular weight excluding hydrogens is 609 g/mol. The third-order valence-electron chi connectivity index (χ3n) is 6.08. The van der Waals surface area contributed by atoms with Crippen LogP contribution in [0.3, 0.4) is 0 Å². The minimum atomic E-state index is -0.587. The average Bonchev–Trinajstić information content (AvgIpc) is 3.35. The van der Waals surface area contributed by atoms with E-state index >= 15 is 0 Å². The number of nitrogens with one attached hydrogen (secondary N) is 2. The van der Waals surface area contributed by atoms with Crippen LogP contribution in [0.2, 0.25) is 10.0 Å². The standard InChI is InChI=1S/C32H23Cl2N3O5S/c1-2-41-26-17-19(7-16-25(26)42-32(40)29-28(34)24-5-3-4-6-27(24)43-29)18-35-37-31(39)21-10-14-23(15-11-21)36-30(38)20-8-12-22(33)13-9-20/h3-18H,2H2,1H3,(H,36,38)(H,37,39)/b35-18-. The zero-order valence-corrected chi connectivity index (χ0v) is 24.9. The van der Waals surface area contributed by atoms with E-state index in [0.717, 1.165) is 10.1 Å². The summed E-state index contributed by atoms with van der Waals surface area (Å²) in [6, 6.07) is 25.3. The van der Waals surface area contributed by atoms with Gasteiger partial charge in [0.15, 0.2) is 11.5 Å². The van der Waals surface area contributed by atoms with Gasteiger partial charge in [-0.1, -0.05) is 41.4 Å². The average molecular weight is 633 g/mol. The van der Waals surface area contributed by atoms with Crippen LogP contribution >= 0.6 is 34.5 Å². The number of nitrogens with zero attached hydrogens (tertiary/aromatic N) is 1. The van der Waals surface area contributed by atoms with Crippen LogP contribution in [0.15, 0.2) is 96.1 Å². The normalized spacial score (nSPS) is 11.0. The van der Waals surface area contributed by atoms with Crippen molar-refractivity contribution in [1.29, 1.82) is 0 Å². The fraction of sp³-hybridized carbons (Fsp3) is 0.0625. The second-order valence-electron chi connectivity index (χ2n) is 9.01. The van der Waals surface area contributed by atoms with E-state index in [2.05, 4.69) is 15.8 Å². The number of carbonyl (C=O) groups excluding carboxylic acids is 3. The predicted molar refractivity (Wildman–Crippen MR) is 170 cm³/mol. The number of ether oxygens (including phenoxy) is 2. The Morgan fingerprint density at radius 3 is 2.28 bits per heavy atom. The Kier molecular flexibility index (Phi) is 9.36. The number of anilines is 1. The molecule has 216 valence electrons. The van der Waals surface area contributed by atoms with Crippen molar-refractivity contribution in [3.63, 3.8) is 0 Å². The maximum absolute atomic E-state index is 12.9. The van der Waals surface area contributed by atoms with Gasteiger partial charge in [-0.05, 0) is 85.3 Å². The van der Waals surface area contributed by atoms with E-state index in [9.17, 15) is 14.4 Å². The summed E-state index contributed by atoms with van der Waals surface area (Å²) in [5, 5.41) is 8.47. The van der Waals surface area contributed by atoms with Gasteiger partial charge in [-0.25, -0.2) is 10.2 Å². The molecule has 2 N–H and O–H groups in total. The van der Waals surface area contributed by atoms with Gasteiger partial charge in [0, 0.05) is 31.9 Å². The number of hydrogen-bond donors (Lipinski definition) is 2. The highest BCUT2D eigenvalue weighted by molar-refractivity contribution is 7.21. The number of hydrogen-bond acceptors (Lipinski definition) is 7. The second kappa shape index (κ2) is 13.5. The van der Waals surface area contributed by atoms with Crippen molar-refractivity contribution in [1.82, 2.24) is 5.43 Å². The molecule has 0 fully saturated rings. The predicted octanol–water partition coefficient (Wildman–Crippen LogP) is 7.84. The highest BCUT2D eigenvalue weighted by Gasteiger charge is 2.20. The highest BCUT2D eigenvalue weighted by Crippen LogP contribution is 2.37. The largest absolute Gasteiger partial charge is 0.490 e. The molecular formula is C32H23Cl2N3O5S. The molecule has 11 heteroatoms. The lowest BCUT2D eigenvalue weighted by Gasteiger charge is -2.11. The summed E-state index contributed by atoms with van der Waals surface area (Å²) >= 11 is 13.6. The van der Waals surface area contributed by atoms with Crippen molar-refractivity contribution in [2.75, 3.05) is 11.9 Å². The first-order valence-corrected chi connectivity index (χ1v) is 14.6. The summed E-state index contributed by atoms with van der Waals surface area (Å²) in [6.07, 6.45) is 1.44. The number of rotatable bonds is 9. The van der Waals surface area contributed by atoms with Crippen LogP contribution in [0.4, 0.5) is 5.69 Å². The second-order valence-corrected chi connectivity index (χ2v) is 10.9. The molecule has 0 spiro atoms. The maximum atomic E-state index is 12.9. The highest BCUT2D eigenvalue weighted by atomic mass is 35.5. The van der Waals surface area contributed by atoms with Crippen LogP contribution in [-0.4, -0.2) is 30.6 Å². The van der Waals surface area contributed by atoms with Gasteiger partial charge < -0.3 is 14.8 Å². The third-order valence-corrected chi connectivity index (χ3v) is 7.99. The number of hydrazone groups is 1. The fourth-order valence-corrected chi connectivity index (χ4v) is 5.50. The molecule has 0 atom stereocenters. The molecule has 43 heavy (non-hydrogen) atoms. The van der Waals surface area contributed by atoms with Gasteiger partial charge >= 0.3 is 5.97 Å². The van der Waals surface area contributed by atoms with Gasteiger partial charge in [-0.3, -0.25) is 9.59 Å². The Hall–Kier alpha value is -4.70. The van der Waals surface area contributed by atoms with Crippen LogP contribution in [0.5, 0.6) is 11.5 Å². The topological polar surface area (TPSA) is 106 Å². The van der Waals surface area contributed by atoms with Crippen molar-refractivity contribution < 1.29 is 23.9 Å². The molecule has 5 rings (SSSR count). The number of benzene rings is 4. The molecule has 0 aliphatic heterocycles. The van der Waals surface area contributed by atoms with Gasteiger partial charge in [0.25, 0.3) is 11.8 Å². The SMILES string of the molecule is CCOc1cc(/C=N\NC(=O)c2ccc(NC(=O)c3ccc(Cl)cc3)cc2)ccc1OC(=O)c1sc2ccccc2c1Cl. The van der Waals surface area contributed by atoms with Gasteiger partial charge in [0.05, 0.1) is 17.8 Å². The molecule has 0 bridgehead atoms. The van der Waals surface area contributed by atoms with Crippen LogP contribution < -0.4 is 20.2 Å². The Labute approximate surface area is 260 Å². The van der Waals surface area contributed by atoms with E-state index in [1.54, 1.807) is 66.7 Å². The summed E-state index contributed by atoms with van der Waals surface area (Å²) in [6.45, 7) is 2.14. The van der Waals surface area contributed by atoms with E-state index in [-0.39, 0.29) is 11.7 Å². The molecule has 1 heterocycles. The lowest BCUT2D eigenvalue weighted by atomic mass is 10.1. The van der Waals surface area contributed by atoms with Crippen LogP contribution in [0.25, 0.3) is 10.1 Å². The van der Waals surface area contributed by atoms with E-state index in [1.807, 2.05) is 31.2 Å². The minimum absolute atomic E-state index is 0.227. The summed E-state index contributed by atoms with van der Waals surface area (Å²) in [5.41, 5.74) is 4.40. The lowest BCUT2D eigenvalue weighted by molar-refractivity contribution is 0.0733. The number of carbonyl (C=O) groups is 3. The van der Waals surface area contributed by atoms with Gasteiger partial charge in [0.2, 0.25) is 0 Å². The van der Waals surface area contributed by atoms with E-state index in [4.69, 9.17) is 32.7 Å². The minimum Gasteiger partial charge on any atom is -0.490 e.